The molecule has 1 saturated heterocycles. The molecule has 2 rings (SSSR count). The lowest BCUT2D eigenvalue weighted by molar-refractivity contribution is -0.0127. The predicted octanol–water partition coefficient (Wildman–Crippen LogP) is 1.93. The number of rotatable bonds is 4. The SMILES string of the molecule is CCC1COCCN1Cc1ccc(C(N)=S)cc1. The second-order valence-electron chi connectivity index (χ2n) is 4.67. The molecular weight excluding hydrogens is 244 g/mol. The molecule has 1 fully saturated rings. The summed E-state index contributed by atoms with van der Waals surface area (Å²) in [4.78, 5) is 2.94. The van der Waals surface area contributed by atoms with Crippen LogP contribution in [-0.2, 0) is 11.3 Å². The summed E-state index contributed by atoms with van der Waals surface area (Å²) >= 11 is 4.96. The van der Waals surface area contributed by atoms with Crippen molar-refractivity contribution in [3.05, 3.63) is 35.4 Å². The lowest BCUT2D eigenvalue weighted by atomic mass is 10.1. The van der Waals surface area contributed by atoms with E-state index in [9.17, 15) is 0 Å². The lowest BCUT2D eigenvalue weighted by Crippen LogP contribution is -2.44. The molecule has 2 N–H and O–H groups in total. The number of thiocarbonyl (C=S) groups is 1. The van der Waals surface area contributed by atoms with E-state index in [-0.39, 0.29) is 0 Å². The van der Waals surface area contributed by atoms with Gasteiger partial charge in [0.05, 0.1) is 13.2 Å². The van der Waals surface area contributed by atoms with Crippen LogP contribution in [0.25, 0.3) is 0 Å². The maximum absolute atomic E-state index is 5.60. The number of nitrogens with two attached hydrogens (primary N) is 1. The molecule has 1 unspecified atom stereocenters. The van der Waals surface area contributed by atoms with Crippen molar-refractivity contribution in [3.8, 4) is 0 Å². The molecule has 0 spiro atoms. The second kappa shape index (κ2) is 6.27. The summed E-state index contributed by atoms with van der Waals surface area (Å²) in [6.45, 7) is 5.88. The van der Waals surface area contributed by atoms with Gasteiger partial charge in [0, 0.05) is 24.7 Å². The van der Waals surface area contributed by atoms with Gasteiger partial charge in [0.15, 0.2) is 0 Å². The monoisotopic (exact) mass is 264 g/mol. The Morgan fingerprint density at radius 1 is 1.44 bits per heavy atom. The van der Waals surface area contributed by atoms with Crippen LogP contribution >= 0.6 is 12.2 Å². The average molecular weight is 264 g/mol. The Labute approximate surface area is 114 Å². The van der Waals surface area contributed by atoms with Crippen molar-refractivity contribution >= 4 is 17.2 Å². The smallest absolute Gasteiger partial charge is 0.103 e. The Morgan fingerprint density at radius 2 is 2.17 bits per heavy atom. The summed E-state index contributed by atoms with van der Waals surface area (Å²) < 4.78 is 5.52. The van der Waals surface area contributed by atoms with E-state index in [1.54, 1.807) is 0 Å². The zero-order chi connectivity index (χ0) is 13.0. The van der Waals surface area contributed by atoms with Crippen LogP contribution in [0.3, 0.4) is 0 Å². The molecule has 0 aliphatic carbocycles. The van der Waals surface area contributed by atoms with Gasteiger partial charge in [-0.25, -0.2) is 0 Å². The summed E-state index contributed by atoms with van der Waals surface area (Å²) in [6.07, 6.45) is 1.13. The summed E-state index contributed by atoms with van der Waals surface area (Å²) in [5.74, 6) is 0. The molecule has 18 heavy (non-hydrogen) atoms. The highest BCUT2D eigenvalue weighted by Crippen LogP contribution is 2.15. The van der Waals surface area contributed by atoms with Gasteiger partial charge in [-0.1, -0.05) is 43.4 Å². The fraction of sp³-hybridized carbons (Fsp3) is 0.500. The van der Waals surface area contributed by atoms with Gasteiger partial charge in [0.2, 0.25) is 0 Å². The van der Waals surface area contributed by atoms with Gasteiger partial charge < -0.3 is 10.5 Å². The van der Waals surface area contributed by atoms with Crippen molar-refractivity contribution in [2.24, 2.45) is 5.73 Å². The molecule has 98 valence electrons. The third kappa shape index (κ3) is 3.28. The minimum absolute atomic E-state index is 0.458. The van der Waals surface area contributed by atoms with Crippen molar-refractivity contribution in [1.29, 1.82) is 0 Å². The highest BCUT2D eigenvalue weighted by Gasteiger charge is 2.21. The number of benzene rings is 1. The van der Waals surface area contributed by atoms with Crippen LogP contribution in [0.2, 0.25) is 0 Å². The van der Waals surface area contributed by atoms with Crippen LogP contribution in [-0.4, -0.2) is 35.7 Å². The van der Waals surface area contributed by atoms with Gasteiger partial charge in [-0.15, -0.1) is 0 Å². The number of nitrogens with zero attached hydrogens (tertiary/aromatic N) is 1. The average Bonchev–Trinajstić information content (AvgIpc) is 2.40. The number of hydrogen-bond donors (Lipinski definition) is 1. The Hall–Kier alpha value is -0.970. The van der Waals surface area contributed by atoms with Gasteiger partial charge in [-0.2, -0.15) is 0 Å². The molecule has 3 nitrogen and oxygen atoms in total. The first kappa shape index (κ1) is 13.5. The second-order valence-corrected chi connectivity index (χ2v) is 5.11. The zero-order valence-corrected chi connectivity index (χ0v) is 11.6. The molecule has 1 aromatic rings. The molecule has 1 atom stereocenters. The first-order valence-corrected chi connectivity index (χ1v) is 6.82. The van der Waals surface area contributed by atoms with E-state index < -0.39 is 0 Å². The topological polar surface area (TPSA) is 38.5 Å². The first-order chi connectivity index (χ1) is 8.70. The van der Waals surface area contributed by atoms with Crippen molar-refractivity contribution in [3.63, 3.8) is 0 Å². The largest absolute Gasteiger partial charge is 0.389 e. The fourth-order valence-corrected chi connectivity index (χ4v) is 2.42. The van der Waals surface area contributed by atoms with Gasteiger partial charge in [0.25, 0.3) is 0 Å². The third-order valence-corrected chi connectivity index (χ3v) is 3.68. The van der Waals surface area contributed by atoms with Crippen molar-refractivity contribution < 1.29 is 4.74 Å². The van der Waals surface area contributed by atoms with E-state index in [4.69, 9.17) is 22.7 Å². The van der Waals surface area contributed by atoms with E-state index >= 15 is 0 Å². The maximum Gasteiger partial charge on any atom is 0.103 e. The van der Waals surface area contributed by atoms with Crippen molar-refractivity contribution in [2.45, 2.75) is 25.9 Å². The molecule has 1 aliphatic heterocycles. The van der Waals surface area contributed by atoms with Crippen molar-refractivity contribution in [1.82, 2.24) is 4.90 Å². The lowest BCUT2D eigenvalue weighted by Gasteiger charge is -2.35. The molecule has 0 saturated carbocycles. The molecule has 0 radical (unpaired) electrons. The first-order valence-electron chi connectivity index (χ1n) is 6.41. The predicted molar refractivity (Wildman–Crippen MR) is 77.6 cm³/mol. The standard InChI is InChI=1S/C14H20N2OS/c1-2-13-10-17-8-7-16(13)9-11-3-5-12(6-4-11)14(15)18/h3-6,13H,2,7-10H2,1H3,(H2,15,18). The van der Waals surface area contributed by atoms with Gasteiger partial charge in [-0.05, 0) is 12.0 Å². The molecule has 1 aromatic carbocycles. The molecule has 1 aliphatic rings. The minimum Gasteiger partial charge on any atom is -0.389 e. The molecule has 0 aromatic heterocycles. The van der Waals surface area contributed by atoms with Gasteiger partial charge in [0.1, 0.15) is 4.99 Å². The van der Waals surface area contributed by atoms with Crippen LogP contribution in [0.4, 0.5) is 0 Å². The van der Waals surface area contributed by atoms with Gasteiger partial charge >= 0.3 is 0 Å². The van der Waals surface area contributed by atoms with Crippen LogP contribution in [0.1, 0.15) is 24.5 Å². The fourth-order valence-electron chi connectivity index (χ4n) is 2.28. The number of morpholine rings is 1. The number of ether oxygens (including phenoxy) is 1. The highest BCUT2D eigenvalue weighted by molar-refractivity contribution is 7.80. The van der Waals surface area contributed by atoms with E-state index in [1.165, 1.54) is 5.56 Å². The Bertz CT molecular complexity index is 405. The van der Waals surface area contributed by atoms with Crippen LogP contribution in [0.15, 0.2) is 24.3 Å². The van der Waals surface area contributed by atoms with Crippen LogP contribution in [0.5, 0.6) is 0 Å². The summed E-state index contributed by atoms with van der Waals surface area (Å²) in [5.41, 5.74) is 7.83. The van der Waals surface area contributed by atoms with Crippen molar-refractivity contribution in [2.75, 3.05) is 19.8 Å². The molecule has 4 heteroatoms. The van der Waals surface area contributed by atoms with E-state index in [0.29, 0.717) is 11.0 Å². The highest BCUT2D eigenvalue weighted by atomic mass is 32.1. The Balaban J connectivity index is 2.01. The van der Waals surface area contributed by atoms with Crippen LogP contribution in [0, 0.1) is 0 Å². The Morgan fingerprint density at radius 3 is 2.78 bits per heavy atom. The van der Waals surface area contributed by atoms with E-state index in [1.807, 2.05) is 12.1 Å². The molecule has 0 bridgehead atoms. The Kier molecular flexibility index (Phi) is 4.69. The zero-order valence-electron chi connectivity index (χ0n) is 10.8. The molecule has 0 amide bonds. The summed E-state index contributed by atoms with van der Waals surface area (Å²) in [6, 6.07) is 8.75. The number of hydrogen-bond acceptors (Lipinski definition) is 3. The van der Waals surface area contributed by atoms with E-state index in [2.05, 4.69) is 24.0 Å². The normalized spacial score (nSPS) is 20.8. The minimum atomic E-state index is 0.458. The molecular formula is C14H20N2OS. The quantitative estimate of drug-likeness (QED) is 0.843. The molecule has 1 heterocycles. The maximum atomic E-state index is 5.60. The van der Waals surface area contributed by atoms with Gasteiger partial charge in [-0.3, -0.25) is 4.90 Å². The summed E-state index contributed by atoms with van der Waals surface area (Å²) in [7, 11) is 0. The van der Waals surface area contributed by atoms with Crippen LogP contribution < -0.4 is 5.73 Å². The van der Waals surface area contributed by atoms with E-state index in [0.717, 1.165) is 38.3 Å². The summed E-state index contributed by atoms with van der Waals surface area (Å²) in [5, 5.41) is 0. The third-order valence-electron chi connectivity index (χ3n) is 3.44.